The van der Waals surface area contributed by atoms with Gasteiger partial charge < -0.3 is 10.2 Å². The molecule has 0 aromatic heterocycles. The summed E-state index contributed by atoms with van der Waals surface area (Å²) in [6.45, 7) is 6.00. The van der Waals surface area contributed by atoms with Gasteiger partial charge >= 0.3 is 0 Å². The van der Waals surface area contributed by atoms with Crippen molar-refractivity contribution in [3.63, 3.8) is 0 Å². The molecule has 132 valence electrons. The number of thioether (sulfide) groups is 1. The fourth-order valence-corrected chi connectivity index (χ4v) is 3.91. The van der Waals surface area contributed by atoms with Crippen molar-refractivity contribution in [2.24, 2.45) is 0 Å². The van der Waals surface area contributed by atoms with Gasteiger partial charge in [0.1, 0.15) is 0 Å². The number of nitrogens with one attached hydrogen (secondary N) is 1. The number of rotatable bonds is 6. The lowest BCUT2D eigenvalue weighted by molar-refractivity contribution is 0.0949. The summed E-state index contributed by atoms with van der Waals surface area (Å²) < 4.78 is 0. The molecule has 4 heteroatoms. The predicted octanol–water partition coefficient (Wildman–Crippen LogP) is 3.94. The smallest absolute Gasteiger partial charge is 0.251 e. The lowest BCUT2D eigenvalue weighted by Crippen LogP contribution is -2.33. The maximum Gasteiger partial charge on any atom is 0.251 e. The van der Waals surface area contributed by atoms with E-state index in [1.807, 2.05) is 30.5 Å². The van der Waals surface area contributed by atoms with Gasteiger partial charge in [-0.2, -0.15) is 0 Å². The van der Waals surface area contributed by atoms with Crippen molar-refractivity contribution >= 4 is 17.7 Å². The SMILES string of the molecule is CSc1ccc(C(=O)NCCN2CCC(c3ccccc3C)C2)cc1. The molecule has 0 spiro atoms. The Hall–Kier alpha value is -1.78. The average molecular weight is 355 g/mol. The molecule has 1 fully saturated rings. The minimum absolute atomic E-state index is 0.0160. The molecule has 1 unspecified atom stereocenters. The van der Waals surface area contributed by atoms with Crippen molar-refractivity contribution in [1.29, 1.82) is 0 Å². The van der Waals surface area contributed by atoms with Crippen LogP contribution in [0.25, 0.3) is 0 Å². The van der Waals surface area contributed by atoms with Crippen LogP contribution in [0.1, 0.15) is 33.8 Å². The Balaban J connectivity index is 1.45. The minimum atomic E-state index is 0.0160. The quantitative estimate of drug-likeness (QED) is 0.798. The standard InChI is InChI=1S/C21H26N2OS/c1-16-5-3-4-6-20(16)18-11-13-23(15-18)14-12-22-21(24)17-7-9-19(25-2)10-8-17/h3-10,18H,11-15H2,1-2H3,(H,22,24). The Morgan fingerprint density at radius 3 is 2.68 bits per heavy atom. The first-order valence-electron chi connectivity index (χ1n) is 8.87. The molecular formula is C21H26N2OS. The molecule has 1 saturated heterocycles. The van der Waals surface area contributed by atoms with Crippen LogP contribution in [-0.4, -0.2) is 43.2 Å². The summed E-state index contributed by atoms with van der Waals surface area (Å²) in [4.78, 5) is 15.8. The van der Waals surface area contributed by atoms with Crippen LogP contribution in [0.4, 0.5) is 0 Å². The molecule has 2 aromatic rings. The number of benzene rings is 2. The van der Waals surface area contributed by atoms with Gasteiger partial charge in [0.15, 0.2) is 0 Å². The third kappa shape index (κ3) is 4.65. The minimum Gasteiger partial charge on any atom is -0.351 e. The van der Waals surface area contributed by atoms with Crippen molar-refractivity contribution in [2.75, 3.05) is 32.4 Å². The highest BCUT2D eigenvalue weighted by atomic mass is 32.2. The van der Waals surface area contributed by atoms with Crippen molar-refractivity contribution in [2.45, 2.75) is 24.2 Å². The highest BCUT2D eigenvalue weighted by Gasteiger charge is 2.24. The number of nitrogens with zero attached hydrogens (tertiary/aromatic N) is 1. The van der Waals surface area contributed by atoms with E-state index in [0.717, 1.165) is 25.2 Å². The van der Waals surface area contributed by atoms with E-state index >= 15 is 0 Å². The molecule has 3 nitrogen and oxygen atoms in total. The van der Waals surface area contributed by atoms with Gasteiger partial charge in [-0.1, -0.05) is 24.3 Å². The van der Waals surface area contributed by atoms with Gasteiger partial charge in [0.25, 0.3) is 5.91 Å². The summed E-state index contributed by atoms with van der Waals surface area (Å²) in [6.07, 6.45) is 3.24. The zero-order valence-electron chi connectivity index (χ0n) is 15.0. The van der Waals surface area contributed by atoms with Crippen LogP contribution in [0.5, 0.6) is 0 Å². The molecule has 0 radical (unpaired) electrons. The molecule has 1 aliphatic heterocycles. The van der Waals surface area contributed by atoms with E-state index in [4.69, 9.17) is 0 Å². The number of carbonyl (C=O) groups is 1. The maximum atomic E-state index is 12.2. The molecule has 1 atom stereocenters. The Kier molecular flexibility index (Phi) is 6.16. The molecule has 2 aromatic carbocycles. The van der Waals surface area contributed by atoms with Gasteiger partial charge in [-0.05, 0) is 67.5 Å². The van der Waals surface area contributed by atoms with Crippen molar-refractivity contribution in [1.82, 2.24) is 10.2 Å². The van der Waals surface area contributed by atoms with Crippen LogP contribution >= 0.6 is 11.8 Å². The second-order valence-corrected chi connectivity index (χ2v) is 7.51. The molecule has 0 saturated carbocycles. The highest BCUT2D eigenvalue weighted by Crippen LogP contribution is 2.28. The van der Waals surface area contributed by atoms with Crippen LogP contribution in [0.2, 0.25) is 0 Å². The van der Waals surface area contributed by atoms with E-state index in [-0.39, 0.29) is 5.91 Å². The third-order valence-corrected chi connectivity index (χ3v) is 5.71. The molecule has 1 aliphatic rings. The largest absolute Gasteiger partial charge is 0.351 e. The summed E-state index contributed by atoms with van der Waals surface area (Å²) in [5, 5.41) is 3.04. The van der Waals surface area contributed by atoms with Crippen molar-refractivity contribution in [3.05, 3.63) is 65.2 Å². The predicted molar refractivity (Wildman–Crippen MR) is 106 cm³/mol. The summed E-state index contributed by atoms with van der Waals surface area (Å²) in [5.74, 6) is 0.637. The third-order valence-electron chi connectivity index (χ3n) is 4.97. The van der Waals surface area contributed by atoms with Crippen LogP contribution in [0, 0.1) is 6.92 Å². The number of likely N-dealkylation sites (tertiary alicyclic amines) is 1. The summed E-state index contributed by atoms with van der Waals surface area (Å²) in [6, 6.07) is 16.5. The monoisotopic (exact) mass is 354 g/mol. The number of carbonyl (C=O) groups excluding carboxylic acids is 1. The molecule has 0 bridgehead atoms. The summed E-state index contributed by atoms with van der Waals surface area (Å²) >= 11 is 1.68. The molecule has 25 heavy (non-hydrogen) atoms. The molecule has 0 aliphatic carbocycles. The van der Waals surface area contributed by atoms with Gasteiger partial charge in [-0.25, -0.2) is 0 Å². The van der Waals surface area contributed by atoms with Crippen LogP contribution < -0.4 is 5.32 Å². The second kappa shape index (κ2) is 8.54. The number of aryl methyl sites for hydroxylation is 1. The van der Waals surface area contributed by atoms with Crippen LogP contribution in [0.3, 0.4) is 0 Å². The van der Waals surface area contributed by atoms with Crippen molar-refractivity contribution in [3.8, 4) is 0 Å². The van der Waals surface area contributed by atoms with Crippen LogP contribution in [-0.2, 0) is 0 Å². The van der Waals surface area contributed by atoms with E-state index in [1.54, 1.807) is 11.8 Å². The summed E-state index contributed by atoms with van der Waals surface area (Å²) in [7, 11) is 0. The molecular weight excluding hydrogens is 328 g/mol. The van der Waals surface area contributed by atoms with Crippen molar-refractivity contribution < 1.29 is 4.79 Å². The van der Waals surface area contributed by atoms with E-state index in [2.05, 4.69) is 41.4 Å². The first-order chi connectivity index (χ1) is 12.2. The lowest BCUT2D eigenvalue weighted by atomic mass is 9.94. The fraction of sp³-hybridized carbons (Fsp3) is 0.381. The first-order valence-corrected chi connectivity index (χ1v) is 10.1. The maximum absolute atomic E-state index is 12.2. The van der Waals surface area contributed by atoms with E-state index in [0.29, 0.717) is 12.5 Å². The zero-order valence-corrected chi connectivity index (χ0v) is 15.8. The number of amides is 1. The molecule has 1 amide bonds. The van der Waals surface area contributed by atoms with Gasteiger partial charge in [-0.15, -0.1) is 11.8 Å². The fourth-order valence-electron chi connectivity index (χ4n) is 3.51. The number of hydrogen-bond acceptors (Lipinski definition) is 3. The van der Waals surface area contributed by atoms with Crippen LogP contribution in [0.15, 0.2) is 53.4 Å². The van der Waals surface area contributed by atoms with E-state index < -0.39 is 0 Å². The van der Waals surface area contributed by atoms with E-state index in [9.17, 15) is 4.79 Å². The topological polar surface area (TPSA) is 32.3 Å². The van der Waals surface area contributed by atoms with Gasteiger partial charge in [0.05, 0.1) is 0 Å². The van der Waals surface area contributed by atoms with Gasteiger partial charge in [-0.3, -0.25) is 4.79 Å². The highest BCUT2D eigenvalue weighted by molar-refractivity contribution is 7.98. The second-order valence-electron chi connectivity index (χ2n) is 6.63. The lowest BCUT2D eigenvalue weighted by Gasteiger charge is -2.17. The molecule has 1 heterocycles. The number of hydrogen-bond donors (Lipinski definition) is 1. The Morgan fingerprint density at radius 1 is 1.20 bits per heavy atom. The van der Waals surface area contributed by atoms with E-state index in [1.165, 1.54) is 22.4 Å². The van der Waals surface area contributed by atoms with Gasteiger partial charge in [0.2, 0.25) is 0 Å². The summed E-state index contributed by atoms with van der Waals surface area (Å²) in [5.41, 5.74) is 3.59. The zero-order chi connectivity index (χ0) is 17.6. The molecule has 3 rings (SSSR count). The first kappa shape index (κ1) is 18.0. The molecule has 1 N–H and O–H groups in total. The average Bonchev–Trinajstić information content (AvgIpc) is 3.10. The normalized spacial score (nSPS) is 17.6. The van der Waals surface area contributed by atoms with Gasteiger partial charge in [0, 0.05) is 30.1 Å². The Labute approximate surface area is 154 Å². The Morgan fingerprint density at radius 2 is 1.96 bits per heavy atom. The Bertz CT molecular complexity index is 714.